The number of fused-ring (bicyclic) bond motifs is 1. The van der Waals surface area contributed by atoms with Gasteiger partial charge >= 0.3 is 0 Å². The Morgan fingerprint density at radius 2 is 2.21 bits per heavy atom. The number of halogens is 1. The Balaban J connectivity index is 1.88. The zero-order valence-corrected chi connectivity index (χ0v) is 14.2. The molecule has 1 aromatic heterocycles. The zero-order chi connectivity index (χ0) is 17.1. The number of benzene rings is 1. The van der Waals surface area contributed by atoms with Gasteiger partial charge in [-0.15, -0.1) is 0 Å². The summed E-state index contributed by atoms with van der Waals surface area (Å²) >= 11 is 6.04. The summed E-state index contributed by atoms with van der Waals surface area (Å²) in [7, 11) is 0. The van der Waals surface area contributed by atoms with Gasteiger partial charge in [-0.05, 0) is 23.8 Å². The van der Waals surface area contributed by atoms with E-state index in [1.54, 1.807) is 22.9 Å². The van der Waals surface area contributed by atoms with Gasteiger partial charge in [0.05, 0.1) is 11.3 Å². The van der Waals surface area contributed by atoms with Crippen molar-refractivity contribution in [3.63, 3.8) is 0 Å². The van der Waals surface area contributed by atoms with Crippen molar-refractivity contribution in [3.8, 4) is 5.69 Å². The Morgan fingerprint density at radius 3 is 2.92 bits per heavy atom. The molecule has 4 nitrogen and oxygen atoms in total. The van der Waals surface area contributed by atoms with Gasteiger partial charge in [0.1, 0.15) is 0 Å². The van der Waals surface area contributed by atoms with E-state index in [1.165, 1.54) is 0 Å². The van der Waals surface area contributed by atoms with Crippen molar-refractivity contribution in [3.05, 3.63) is 87.9 Å². The number of H-pyrrole nitrogens is 1. The van der Waals surface area contributed by atoms with Crippen LogP contribution in [-0.4, -0.2) is 27.8 Å². The zero-order valence-electron chi connectivity index (χ0n) is 13.5. The number of rotatable bonds is 5. The molecule has 0 radical (unpaired) electrons. The molecular formula is C19H20ClN3O. The molecule has 1 N–H and O–H groups in total. The SMILES string of the molecule is C=C/C=C(\C=C)CN1CCc2[nH]n(-c3cccc(Cl)c3)c(=O)c2C1. The molecule has 5 heteroatoms. The summed E-state index contributed by atoms with van der Waals surface area (Å²) in [5.74, 6) is 0. The van der Waals surface area contributed by atoms with Crippen molar-refractivity contribution in [2.75, 3.05) is 13.1 Å². The lowest BCUT2D eigenvalue weighted by molar-refractivity contribution is 0.276. The fraction of sp³-hybridized carbons (Fsp3) is 0.211. The predicted octanol–water partition coefficient (Wildman–Crippen LogP) is 3.48. The fourth-order valence-corrected chi connectivity index (χ4v) is 3.17. The Bertz CT molecular complexity index is 860. The van der Waals surface area contributed by atoms with Crippen molar-refractivity contribution in [2.45, 2.75) is 13.0 Å². The van der Waals surface area contributed by atoms with E-state index in [0.29, 0.717) is 11.6 Å². The molecule has 0 saturated carbocycles. The van der Waals surface area contributed by atoms with Gasteiger partial charge < -0.3 is 0 Å². The maximum absolute atomic E-state index is 12.8. The highest BCUT2D eigenvalue weighted by molar-refractivity contribution is 6.30. The molecule has 1 aliphatic heterocycles. The largest absolute Gasteiger partial charge is 0.295 e. The van der Waals surface area contributed by atoms with E-state index in [2.05, 4.69) is 23.2 Å². The number of allylic oxidation sites excluding steroid dienone is 2. The first kappa shape index (κ1) is 16.6. The van der Waals surface area contributed by atoms with E-state index in [-0.39, 0.29) is 5.56 Å². The maximum Gasteiger partial charge on any atom is 0.275 e. The number of hydrogen-bond acceptors (Lipinski definition) is 2. The van der Waals surface area contributed by atoms with Crippen LogP contribution in [0.2, 0.25) is 5.02 Å². The minimum absolute atomic E-state index is 0.00943. The van der Waals surface area contributed by atoms with Crippen LogP contribution in [0.3, 0.4) is 0 Å². The van der Waals surface area contributed by atoms with Gasteiger partial charge in [-0.3, -0.25) is 14.8 Å². The molecular weight excluding hydrogens is 322 g/mol. The second-order valence-corrected chi connectivity index (χ2v) is 6.27. The monoisotopic (exact) mass is 341 g/mol. The highest BCUT2D eigenvalue weighted by Crippen LogP contribution is 2.18. The third kappa shape index (κ3) is 3.30. The second-order valence-electron chi connectivity index (χ2n) is 5.83. The van der Waals surface area contributed by atoms with E-state index in [0.717, 1.165) is 42.0 Å². The van der Waals surface area contributed by atoms with Gasteiger partial charge in [0, 0.05) is 36.8 Å². The Labute approximate surface area is 146 Å². The van der Waals surface area contributed by atoms with Crippen molar-refractivity contribution in [1.29, 1.82) is 0 Å². The lowest BCUT2D eigenvalue weighted by atomic mass is 10.1. The third-order valence-electron chi connectivity index (χ3n) is 4.20. The lowest BCUT2D eigenvalue weighted by Gasteiger charge is -2.26. The molecule has 0 amide bonds. The summed E-state index contributed by atoms with van der Waals surface area (Å²) in [5, 5.41) is 3.84. The van der Waals surface area contributed by atoms with Crippen LogP contribution in [0.15, 0.2) is 66.0 Å². The summed E-state index contributed by atoms with van der Waals surface area (Å²) < 4.78 is 1.58. The lowest BCUT2D eigenvalue weighted by Crippen LogP contribution is -2.34. The molecule has 24 heavy (non-hydrogen) atoms. The molecule has 0 aliphatic carbocycles. The van der Waals surface area contributed by atoms with Gasteiger partial charge in [-0.2, -0.15) is 0 Å². The Kier molecular flexibility index (Phi) is 4.88. The van der Waals surface area contributed by atoms with Gasteiger partial charge in [0.15, 0.2) is 0 Å². The van der Waals surface area contributed by atoms with Crippen LogP contribution in [-0.2, 0) is 13.0 Å². The highest BCUT2D eigenvalue weighted by atomic mass is 35.5. The first-order chi connectivity index (χ1) is 11.6. The molecule has 2 aromatic rings. The number of aromatic amines is 1. The molecule has 0 saturated heterocycles. The van der Waals surface area contributed by atoms with Crippen LogP contribution in [0.4, 0.5) is 0 Å². The number of nitrogens with one attached hydrogen (secondary N) is 1. The Hall–Kier alpha value is -2.30. The van der Waals surface area contributed by atoms with Crippen LogP contribution in [0.25, 0.3) is 5.69 Å². The molecule has 1 aromatic carbocycles. The standard InChI is InChI=1S/C19H20ClN3O/c1-3-6-14(4-2)12-22-10-9-18-17(13-22)19(24)23(21-18)16-8-5-7-15(20)11-16/h3-8,11,21H,1-2,9-10,12-13H2/b14-6+. The smallest absolute Gasteiger partial charge is 0.275 e. The second kappa shape index (κ2) is 7.07. The first-order valence-corrected chi connectivity index (χ1v) is 8.25. The van der Waals surface area contributed by atoms with Crippen molar-refractivity contribution < 1.29 is 0 Å². The van der Waals surface area contributed by atoms with E-state index < -0.39 is 0 Å². The van der Waals surface area contributed by atoms with Crippen LogP contribution >= 0.6 is 11.6 Å². The average Bonchev–Trinajstić information content (AvgIpc) is 2.91. The summed E-state index contributed by atoms with van der Waals surface area (Å²) in [6, 6.07) is 7.29. The minimum Gasteiger partial charge on any atom is -0.295 e. The summed E-state index contributed by atoms with van der Waals surface area (Å²) in [6.45, 7) is 9.84. The van der Waals surface area contributed by atoms with Gasteiger partial charge in [-0.1, -0.05) is 49.1 Å². The minimum atomic E-state index is -0.00943. The van der Waals surface area contributed by atoms with E-state index in [4.69, 9.17) is 11.6 Å². The number of aromatic nitrogens is 2. The maximum atomic E-state index is 12.8. The summed E-state index contributed by atoms with van der Waals surface area (Å²) in [4.78, 5) is 15.0. The molecule has 0 atom stereocenters. The third-order valence-corrected chi connectivity index (χ3v) is 4.43. The number of hydrogen-bond donors (Lipinski definition) is 1. The van der Waals surface area contributed by atoms with Crippen LogP contribution < -0.4 is 5.56 Å². The summed E-state index contributed by atoms with van der Waals surface area (Å²) in [5.41, 5.74) is 3.67. The molecule has 2 heterocycles. The molecule has 3 rings (SSSR count). The van der Waals surface area contributed by atoms with E-state index in [1.807, 2.05) is 24.3 Å². The highest BCUT2D eigenvalue weighted by Gasteiger charge is 2.23. The molecule has 1 aliphatic rings. The van der Waals surface area contributed by atoms with Crippen molar-refractivity contribution in [2.24, 2.45) is 0 Å². The summed E-state index contributed by atoms with van der Waals surface area (Å²) in [6.07, 6.45) is 6.36. The van der Waals surface area contributed by atoms with Crippen LogP contribution in [0.5, 0.6) is 0 Å². The number of nitrogens with zero attached hydrogens (tertiary/aromatic N) is 2. The molecule has 0 unspecified atom stereocenters. The molecule has 0 bridgehead atoms. The quantitative estimate of drug-likeness (QED) is 0.846. The topological polar surface area (TPSA) is 41.0 Å². The van der Waals surface area contributed by atoms with Crippen LogP contribution in [0, 0.1) is 0 Å². The molecule has 0 fully saturated rings. The van der Waals surface area contributed by atoms with E-state index in [9.17, 15) is 4.79 Å². The van der Waals surface area contributed by atoms with Crippen LogP contribution in [0.1, 0.15) is 11.3 Å². The normalized spacial score (nSPS) is 15.1. The van der Waals surface area contributed by atoms with E-state index >= 15 is 0 Å². The average molecular weight is 342 g/mol. The van der Waals surface area contributed by atoms with Crippen molar-refractivity contribution in [1.82, 2.24) is 14.7 Å². The predicted molar refractivity (Wildman–Crippen MR) is 98.9 cm³/mol. The van der Waals surface area contributed by atoms with Gasteiger partial charge in [0.25, 0.3) is 5.56 Å². The first-order valence-electron chi connectivity index (χ1n) is 7.87. The molecule has 124 valence electrons. The van der Waals surface area contributed by atoms with Gasteiger partial charge in [-0.25, -0.2) is 4.68 Å². The van der Waals surface area contributed by atoms with Gasteiger partial charge in [0.2, 0.25) is 0 Å². The van der Waals surface area contributed by atoms with Crippen molar-refractivity contribution >= 4 is 11.6 Å². The molecule has 0 spiro atoms. The Morgan fingerprint density at radius 1 is 1.38 bits per heavy atom. The fourth-order valence-electron chi connectivity index (χ4n) is 2.99.